The standard InChI is InChI=1S/C14H28N2O2/c1-3-9-15-13(12-18-2)11-16-10-7-5-4-6-8-14(16)17/h13,15H,3-12H2,1-2H3. The van der Waals surface area contributed by atoms with Crippen molar-refractivity contribution < 1.29 is 9.53 Å². The molecule has 0 aliphatic carbocycles. The van der Waals surface area contributed by atoms with Gasteiger partial charge in [0.05, 0.1) is 6.61 Å². The summed E-state index contributed by atoms with van der Waals surface area (Å²) in [6, 6.07) is 0.262. The van der Waals surface area contributed by atoms with Crippen LogP contribution in [0.3, 0.4) is 0 Å². The zero-order chi connectivity index (χ0) is 13.2. The molecule has 0 aromatic rings. The lowest BCUT2D eigenvalue weighted by molar-refractivity contribution is -0.132. The second-order valence-corrected chi connectivity index (χ2v) is 5.11. The third-order valence-electron chi connectivity index (χ3n) is 3.41. The van der Waals surface area contributed by atoms with Crippen molar-refractivity contribution in [1.29, 1.82) is 0 Å². The predicted octanol–water partition coefficient (Wildman–Crippen LogP) is 1.79. The molecule has 1 aliphatic rings. The molecule has 0 spiro atoms. The van der Waals surface area contributed by atoms with Crippen molar-refractivity contribution in [3.8, 4) is 0 Å². The van der Waals surface area contributed by atoms with Crippen LogP contribution in [-0.4, -0.2) is 50.2 Å². The monoisotopic (exact) mass is 256 g/mol. The SMILES string of the molecule is CCCNC(COC)CN1CCCCCCC1=O. The second-order valence-electron chi connectivity index (χ2n) is 5.11. The number of nitrogens with one attached hydrogen (secondary N) is 1. The molecule has 106 valence electrons. The molecule has 1 heterocycles. The highest BCUT2D eigenvalue weighted by Gasteiger charge is 2.19. The van der Waals surface area contributed by atoms with Crippen LogP contribution in [0.5, 0.6) is 0 Å². The molecule has 1 rings (SSSR count). The molecule has 4 heteroatoms. The Kier molecular flexibility index (Phi) is 8.01. The minimum atomic E-state index is 0.262. The Morgan fingerprint density at radius 3 is 2.83 bits per heavy atom. The predicted molar refractivity (Wildman–Crippen MR) is 73.6 cm³/mol. The number of hydrogen-bond acceptors (Lipinski definition) is 3. The fraction of sp³-hybridized carbons (Fsp3) is 0.929. The van der Waals surface area contributed by atoms with E-state index >= 15 is 0 Å². The molecule has 0 aromatic carbocycles. The fourth-order valence-corrected chi connectivity index (χ4v) is 2.40. The molecule has 1 amide bonds. The van der Waals surface area contributed by atoms with E-state index in [1.807, 2.05) is 4.90 Å². The number of carbonyl (C=O) groups is 1. The van der Waals surface area contributed by atoms with Crippen molar-refractivity contribution in [2.24, 2.45) is 0 Å². The number of rotatable bonds is 7. The molecule has 1 unspecified atom stereocenters. The lowest BCUT2D eigenvalue weighted by atomic mass is 10.1. The van der Waals surface area contributed by atoms with Gasteiger partial charge in [-0.1, -0.05) is 19.8 Å². The summed E-state index contributed by atoms with van der Waals surface area (Å²) in [5, 5.41) is 3.46. The summed E-state index contributed by atoms with van der Waals surface area (Å²) in [4.78, 5) is 14.1. The van der Waals surface area contributed by atoms with Gasteiger partial charge in [-0.25, -0.2) is 0 Å². The van der Waals surface area contributed by atoms with Crippen LogP contribution in [0.4, 0.5) is 0 Å². The molecule has 1 N–H and O–H groups in total. The first-order chi connectivity index (χ1) is 8.77. The number of amides is 1. The maximum atomic E-state index is 12.0. The molecular formula is C14H28N2O2. The Morgan fingerprint density at radius 1 is 1.33 bits per heavy atom. The maximum Gasteiger partial charge on any atom is 0.222 e. The van der Waals surface area contributed by atoms with Crippen molar-refractivity contribution in [2.45, 2.75) is 51.5 Å². The van der Waals surface area contributed by atoms with Crippen LogP contribution < -0.4 is 5.32 Å². The Labute approximate surface area is 111 Å². The highest BCUT2D eigenvalue weighted by Crippen LogP contribution is 2.12. The molecular weight excluding hydrogens is 228 g/mol. The summed E-state index contributed by atoms with van der Waals surface area (Å²) in [6.07, 6.45) is 6.46. The minimum absolute atomic E-state index is 0.262. The van der Waals surface area contributed by atoms with Crippen molar-refractivity contribution in [1.82, 2.24) is 10.2 Å². The average Bonchev–Trinajstić information content (AvgIpc) is 2.35. The third kappa shape index (κ3) is 5.83. The van der Waals surface area contributed by atoms with Crippen LogP contribution in [0.15, 0.2) is 0 Å². The lowest BCUT2D eigenvalue weighted by Gasteiger charge is -2.29. The first kappa shape index (κ1) is 15.4. The van der Waals surface area contributed by atoms with Crippen LogP contribution in [0.25, 0.3) is 0 Å². The molecule has 0 aromatic heterocycles. The Hall–Kier alpha value is -0.610. The first-order valence-corrected chi connectivity index (χ1v) is 7.28. The van der Waals surface area contributed by atoms with Crippen LogP contribution in [0, 0.1) is 0 Å². The van der Waals surface area contributed by atoms with E-state index in [0.29, 0.717) is 18.9 Å². The highest BCUT2D eigenvalue weighted by atomic mass is 16.5. The van der Waals surface area contributed by atoms with Crippen LogP contribution in [-0.2, 0) is 9.53 Å². The van der Waals surface area contributed by atoms with Gasteiger partial charge >= 0.3 is 0 Å². The number of hydrogen-bond donors (Lipinski definition) is 1. The van der Waals surface area contributed by atoms with Crippen LogP contribution in [0.1, 0.15) is 45.4 Å². The van der Waals surface area contributed by atoms with Crippen LogP contribution >= 0.6 is 0 Å². The summed E-state index contributed by atoms with van der Waals surface area (Å²) in [5.41, 5.74) is 0. The largest absolute Gasteiger partial charge is 0.383 e. The number of nitrogens with zero attached hydrogens (tertiary/aromatic N) is 1. The average molecular weight is 256 g/mol. The van der Waals surface area contributed by atoms with Gasteiger partial charge in [0.15, 0.2) is 0 Å². The number of carbonyl (C=O) groups excluding carboxylic acids is 1. The molecule has 1 aliphatic heterocycles. The summed E-state index contributed by atoms with van der Waals surface area (Å²) in [6.45, 7) is 5.50. The van der Waals surface area contributed by atoms with E-state index in [-0.39, 0.29) is 6.04 Å². The van der Waals surface area contributed by atoms with E-state index in [0.717, 1.165) is 38.9 Å². The Bertz CT molecular complexity index is 234. The van der Waals surface area contributed by atoms with Crippen molar-refractivity contribution in [3.05, 3.63) is 0 Å². The number of methoxy groups -OCH3 is 1. The van der Waals surface area contributed by atoms with E-state index in [2.05, 4.69) is 12.2 Å². The van der Waals surface area contributed by atoms with Gasteiger partial charge in [-0.3, -0.25) is 4.79 Å². The van der Waals surface area contributed by atoms with Gasteiger partial charge < -0.3 is 15.0 Å². The van der Waals surface area contributed by atoms with E-state index in [4.69, 9.17) is 4.74 Å². The summed E-state index contributed by atoms with van der Waals surface area (Å²) in [5.74, 6) is 0.314. The normalized spacial score (nSPS) is 19.4. The molecule has 4 nitrogen and oxygen atoms in total. The third-order valence-corrected chi connectivity index (χ3v) is 3.41. The fourth-order valence-electron chi connectivity index (χ4n) is 2.40. The van der Waals surface area contributed by atoms with Gasteiger partial charge in [-0.05, 0) is 25.8 Å². The summed E-state index contributed by atoms with van der Waals surface area (Å²) >= 11 is 0. The van der Waals surface area contributed by atoms with Crippen LogP contribution in [0.2, 0.25) is 0 Å². The van der Waals surface area contributed by atoms with Crippen molar-refractivity contribution >= 4 is 5.91 Å². The van der Waals surface area contributed by atoms with E-state index in [1.54, 1.807) is 7.11 Å². The van der Waals surface area contributed by atoms with Gasteiger partial charge in [0.2, 0.25) is 5.91 Å². The highest BCUT2D eigenvalue weighted by molar-refractivity contribution is 5.76. The lowest BCUT2D eigenvalue weighted by Crippen LogP contribution is -2.46. The maximum absolute atomic E-state index is 12.0. The van der Waals surface area contributed by atoms with E-state index in [1.165, 1.54) is 12.8 Å². The zero-order valence-corrected chi connectivity index (χ0v) is 11.9. The first-order valence-electron chi connectivity index (χ1n) is 7.28. The van der Waals surface area contributed by atoms with E-state index < -0.39 is 0 Å². The van der Waals surface area contributed by atoms with Gasteiger partial charge in [0.25, 0.3) is 0 Å². The molecule has 0 saturated carbocycles. The Morgan fingerprint density at radius 2 is 2.11 bits per heavy atom. The molecule has 1 saturated heterocycles. The quantitative estimate of drug-likeness (QED) is 0.755. The summed E-state index contributed by atoms with van der Waals surface area (Å²) < 4.78 is 5.23. The minimum Gasteiger partial charge on any atom is -0.383 e. The molecule has 18 heavy (non-hydrogen) atoms. The van der Waals surface area contributed by atoms with Crippen molar-refractivity contribution in [2.75, 3.05) is 33.4 Å². The Balaban J connectivity index is 2.44. The molecule has 1 atom stereocenters. The smallest absolute Gasteiger partial charge is 0.222 e. The number of ether oxygens (including phenoxy) is 1. The second kappa shape index (κ2) is 9.34. The van der Waals surface area contributed by atoms with Gasteiger partial charge in [-0.2, -0.15) is 0 Å². The topological polar surface area (TPSA) is 41.6 Å². The number of likely N-dealkylation sites (tertiary alicyclic amines) is 1. The molecule has 0 bridgehead atoms. The van der Waals surface area contributed by atoms with E-state index in [9.17, 15) is 4.79 Å². The van der Waals surface area contributed by atoms with Crippen molar-refractivity contribution in [3.63, 3.8) is 0 Å². The van der Waals surface area contributed by atoms with Gasteiger partial charge in [0.1, 0.15) is 0 Å². The van der Waals surface area contributed by atoms with Gasteiger partial charge in [-0.15, -0.1) is 0 Å². The molecule has 0 radical (unpaired) electrons. The molecule has 1 fully saturated rings. The van der Waals surface area contributed by atoms with Gasteiger partial charge in [0, 0.05) is 32.7 Å². The summed E-state index contributed by atoms with van der Waals surface area (Å²) in [7, 11) is 1.72. The zero-order valence-electron chi connectivity index (χ0n) is 11.9.